The molecule has 1 rings (SSSR count). The summed E-state index contributed by atoms with van der Waals surface area (Å²) in [6.07, 6.45) is 2.07. The summed E-state index contributed by atoms with van der Waals surface area (Å²) in [4.78, 5) is 10.7. The fourth-order valence-electron chi connectivity index (χ4n) is 1.95. The molecule has 3 atom stereocenters. The monoisotopic (exact) mass is 215 g/mol. The van der Waals surface area contributed by atoms with Gasteiger partial charge in [0.05, 0.1) is 12.0 Å². The number of carboxylic acid groups (broad SMARTS) is 1. The SMILES string of the molecule is CC(C)CC(O)CNC1CCC1C(=O)O. The molecule has 3 N–H and O–H groups in total. The van der Waals surface area contributed by atoms with Gasteiger partial charge in [-0.15, -0.1) is 0 Å². The average molecular weight is 215 g/mol. The summed E-state index contributed by atoms with van der Waals surface area (Å²) < 4.78 is 0. The highest BCUT2D eigenvalue weighted by Crippen LogP contribution is 2.27. The van der Waals surface area contributed by atoms with E-state index in [1.807, 2.05) is 0 Å². The zero-order chi connectivity index (χ0) is 11.4. The molecule has 0 aromatic heterocycles. The van der Waals surface area contributed by atoms with E-state index in [0.29, 0.717) is 12.5 Å². The van der Waals surface area contributed by atoms with Crippen molar-refractivity contribution in [3.8, 4) is 0 Å². The van der Waals surface area contributed by atoms with Gasteiger partial charge in [0.2, 0.25) is 0 Å². The Morgan fingerprint density at radius 3 is 2.53 bits per heavy atom. The van der Waals surface area contributed by atoms with Gasteiger partial charge < -0.3 is 15.5 Å². The van der Waals surface area contributed by atoms with Crippen LogP contribution in [-0.4, -0.2) is 34.9 Å². The van der Waals surface area contributed by atoms with Crippen LogP contribution >= 0.6 is 0 Å². The van der Waals surface area contributed by atoms with Crippen LogP contribution in [0.25, 0.3) is 0 Å². The highest BCUT2D eigenvalue weighted by atomic mass is 16.4. The fourth-order valence-corrected chi connectivity index (χ4v) is 1.95. The third-order valence-corrected chi connectivity index (χ3v) is 2.95. The number of rotatable bonds is 6. The molecule has 0 radical (unpaired) electrons. The van der Waals surface area contributed by atoms with E-state index in [-0.39, 0.29) is 18.1 Å². The molecule has 88 valence electrons. The fraction of sp³-hybridized carbons (Fsp3) is 0.909. The van der Waals surface area contributed by atoms with Crippen LogP contribution in [0.15, 0.2) is 0 Å². The molecule has 1 aliphatic rings. The van der Waals surface area contributed by atoms with E-state index < -0.39 is 5.97 Å². The molecule has 4 nitrogen and oxygen atoms in total. The Morgan fingerprint density at radius 1 is 1.47 bits per heavy atom. The molecule has 1 aliphatic carbocycles. The smallest absolute Gasteiger partial charge is 0.308 e. The van der Waals surface area contributed by atoms with Crippen molar-refractivity contribution in [1.82, 2.24) is 5.32 Å². The highest BCUT2D eigenvalue weighted by molar-refractivity contribution is 5.72. The van der Waals surface area contributed by atoms with Crippen molar-refractivity contribution in [3.05, 3.63) is 0 Å². The molecule has 1 fully saturated rings. The van der Waals surface area contributed by atoms with Gasteiger partial charge in [-0.05, 0) is 25.2 Å². The van der Waals surface area contributed by atoms with Gasteiger partial charge in [-0.25, -0.2) is 0 Å². The van der Waals surface area contributed by atoms with Crippen molar-refractivity contribution in [2.75, 3.05) is 6.54 Å². The normalized spacial score (nSPS) is 27.5. The first-order valence-corrected chi connectivity index (χ1v) is 5.65. The Balaban J connectivity index is 2.17. The molecule has 0 aliphatic heterocycles. The van der Waals surface area contributed by atoms with Crippen LogP contribution in [0.2, 0.25) is 0 Å². The number of aliphatic hydroxyl groups is 1. The number of carboxylic acids is 1. The maximum Gasteiger partial charge on any atom is 0.308 e. The Kier molecular flexibility index (Phi) is 4.54. The molecule has 4 heteroatoms. The van der Waals surface area contributed by atoms with E-state index in [1.54, 1.807) is 0 Å². The Labute approximate surface area is 90.7 Å². The Hall–Kier alpha value is -0.610. The zero-order valence-corrected chi connectivity index (χ0v) is 9.44. The minimum atomic E-state index is -0.725. The number of nitrogens with one attached hydrogen (secondary N) is 1. The molecule has 3 unspecified atom stereocenters. The van der Waals surface area contributed by atoms with E-state index in [9.17, 15) is 9.90 Å². The summed E-state index contributed by atoms with van der Waals surface area (Å²) in [5.41, 5.74) is 0. The lowest BCUT2D eigenvalue weighted by atomic mass is 9.79. The van der Waals surface area contributed by atoms with Crippen molar-refractivity contribution >= 4 is 5.97 Å². The maximum atomic E-state index is 10.7. The molecule has 0 aromatic carbocycles. The molecule has 0 heterocycles. The molecule has 1 saturated carbocycles. The molecule has 15 heavy (non-hydrogen) atoms. The number of carbonyl (C=O) groups is 1. The zero-order valence-electron chi connectivity index (χ0n) is 9.44. The van der Waals surface area contributed by atoms with Crippen molar-refractivity contribution < 1.29 is 15.0 Å². The van der Waals surface area contributed by atoms with Crippen molar-refractivity contribution in [1.29, 1.82) is 0 Å². The first kappa shape index (κ1) is 12.5. The molecule has 0 saturated heterocycles. The standard InChI is InChI=1S/C11H21NO3/c1-7(2)5-8(13)6-12-10-4-3-9(10)11(14)15/h7-10,12-13H,3-6H2,1-2H3,(H,14,15). The highest BCUT2D eigenvalue weighted by Gasteiger charge is 2.36. The largest absolute Gasteiger partial charge is 0.481 e. The van der Waals surface area contributed by atoms with Gasteiger partial charge >= 0.3 is 5.97 Å². The van der Waals surface area contributed by atoms with Gasteiger partial charge in [-0.3, -0.25) is 4.79 Å². The van der Waals surface area contributed by atoms with Crippen LogP contribution in [0, 0.1) is 11.8 Å². The molecular weight excluding hydrogens is 194 g/mol. The minimum Gasteiger partial charge on any atom is -0.481 e. The second-order valence-electron chi connectivity index (χ2n) is 4.82. The van der Waals surface area contributed by atoms with Crippen molar-refractivity contribution in [2.24, 2.45) is 11.8 Å². The van der Waals surface area contributed by atoms with Crippen LogP contribution in [0.3, 0.4) is 0 Å². The third kappa shape index (κ3) is 3.80. The summed E-state index contributed by atoms with van der Waals surface area (Å²) in [5, 5.41) is 21.5. The first-order chi connectivity index (χ1) is 7.00. The number of hydrogen-bond donors (Lipinski definition) is 3. The summed E-state index contributed by atoms with van der Waals surface area (Å²) in [7, 11) is 0. The van der Waals surface area contributed by atoms with E-state index in [1.165, 1.54) is 0 Å². The van der Waals surface area contributed by atoms with Crippen molar-refractivity contribution in [3.63, 3.8) is 0 Å². The minimum absolute atomic E-state index is 0.0595. The maximum absolute atomic E-state index is 10.7. The van der Waals surface area contributed by atoms with Gasteiger partial charge in [-0.1, -0.05) is 13.8 Å². The second kappa shape index (κ2) is 5.47. The number of hydrogen-bond acceptors (Lipinski definition) is 3. The van der Waals surface area contributed by atoms with Crippen LogP contribution in [-0.2, 0) is 4.79 Å². The van der Waals surface area contributed by atoms with Gasteiger partial charge in [0.1, 0.15) is 0 Å². The lowest BCUT2D eigenvalue weighted by Crippen LogP contribution is -2.49. The number of aliphatic carboxylic acids is 1. The van der Waals surface area contributed by atoms with Gasteiger partial charge in [0, 0.05) is 12.6 Å². The molecule has 0 bridgehead atoms. The summed E-state index contributed by atoms with van der Waals surface area (Å²) >= 11 is 0. The van der Waals surface area contributed by atoms with Gasteiger partial charge in [-0.2, -0.15) is 0 Å². The molecule has 0 aromatic rings. The molecule has 0 spiro atoms. The number of aliphatic hydroxyl groups excluding tert-OH is 1. The summed E-state index contributed by atoms with van der Waals surface area (Å²) in [6, 6.07) is 0.0595. The Bertz CT molecular complexity index is 218. The average Bonchev–Trinajstić information content (AvgIpc) is 1.99. The van der Waals surface area contributed by atoms with Crippen LogP contribution in [0.5, 0.6) is 0 Å². The Morgan fingerprint density at radius 2 is 2.13 bits per heavy atom. The quantitative estimate of drug-likeness (QED) is 0.614. The van der Waals surface area contributed by atoms with E-state index >= 15 is 0 Å². The summed E-state index contributed by atoms with van der Waals surface area (Å²) in [6.45, 7) is 4.63. The third-order valence-electron chi connectivity index (χ3n) is 2.95. The van der Waals surface area contributed by atoms with E-state index in [0.717, 1.165) is 19.3 Å². The first-order valence-electron chi connectivity index (χ1n) is 5.65. The van der Waals surface area contributed by atoms with Gasteiger partial charge in [0.25, 0.3) is 0 Å². The molecular formula is C11H21NO3. The van der Waals surface area contributed by atoms with Crippen LogP contribution in [0.1, 0.15) is 33.1 Å². The second-order valence-corrected chi connectivity index (χ2v) is 4.82. The van der Waals surface area contributed by atoms with E-state index in [2.05, 4.69) is 19.2 Å². The predicted octanol–water partition coefficient (Wildman–Crippen LogP) is 0.846. The van der Waals surface area contributed by atoms with E-state index in [4.69, 9.17) is 5.11 Å². The van der Waals surface area contributed by atoms with Crippen LogP contribution in [0.4, 0.5) is 0 Å². The summed E-state index contributed by atoms with van der Waals surface area (Å²) in [5.74, 6) is -0.508. The van der Waals surface area contributed by atoms with Crippen molar-refractivity contribution in [2.45, 2.75) is 45.3 Å². The lowest BCUT2D eigenvalue weighted by molar-refractivity contribution is -0.146. The lowest BCUT2D eigenvalue weighted by Gasteiger charge is -2.34. The predicted molar refractivity (Wildman–Crippen MR) is 57.6 cm³/mol. The molecule has 0 amide bonds. The van der Waals surface area contributed by atoms with Gasteiger partial charge in [0.15, 0.2) is 0 Å². The van der Waals surface area contributed by atoms with Crippen LogP contribution < -0.4 is 5.32 Å². The topological polar surface area (TPSA) is 69.6 Å².